The fourth-order valence-electron chi connectivity index (χ4n) is 2.31. The number of carbonyl (C=O) groups excluding carboxylic acids is 1. The van der Waals surface area contributed by atoms with Crippen LogP contribution in [0.5, 0.6) is 0 Å². The highest BCUT2D eigenvalue weighted by molar-refractivity contribution is 5.90. The zero-order valence-corrected chi connectivity index (χ0v) is 13.4. The Labute approximate surface area is 133 Å². The lowest BCUT2D eigenvalue weighted by atomic mass is 10.2. The molecule has 0 saturated heterocycles. The number of nitrogens with zero attached hydrogens (tertiary/aromatic N) is 4. The number of H-pyrrole nitrogens is 1. The molecular formula is C16H19N6O+. The minimum Gasteiger partial charge on any atom is -0.355 e. The molecule has 0 atom stereocenters. The summed E-state index contributed by atoms with van der Waals surface area (Å²) < 4.78 is 1.47. The van der Waals surface area contributed by atoms with Gasteiger partial charge >= 0.3 is 11.6 Å². The molecule has 2 N–H and O–H groups in total. The number of anilines is 1. The van der Waals surface area contributed by atoms with Crippen molar-refractivity contribution < 1.29 is 9.36 Å². The predicted molar refractivity (Wildman–Crippen MR) is 86.3 cm³/mol. The summed E-state index contributed by atoms with van der Waals surface area (Å²) in [5, 5.41) is 3.19. The highest BCUT2D eigenvalue weighted by Gasteiger charge is 2.25. The van der Waals surface area contributed by atoms with E-state index in [4.69, 9.17) is 0 Å². The van der Waals surface area contributed by atoms with E-state index in [0.29, 0.717) is 17.0 Å². The molecule has 3 aromatic rings. The number of hydrogen-bond donors (Lipinski definition) is 2. The summed E-state index contributed by atoms with van der Waals surface area (Å²) in [5.41, 5.74) is 1.85. The molecule has 0 bridgehead atoms. The Morgan fingerprint density at radius 3 is 2.74 bits per heavy atom. The van der Waals surface area contributed by atoms with Crippen molar-refractivity contribution in [1.82, 2.24) is 19.9 Å². The molecule has 0 radical (unpaired) electrons. The number of aromatic amines is 1. The summed E-state index contributed by atoms with van der Waals surface area (Å²) >= 11 is 0. The molecule has 118 valence electrons. The third-order valence-corrected chi connectivity index (χ3v) is 3.51. The molecule has 3 rings (SSSR count). The van der Waals surface area contributed by atoms with Crippen molar-refractivity contribution >= 4 is 22.9 Å². The van der Waals surface area contributed by atoms with Crippen LogP contribution >= 0.6 is 0 Å². The van der Waals surface area contributed by atoms with Crippen molar-refractivity contribution in [1.29, 1.82) is 0 Å². The van der Waals surface area contributed by atoms with Crippen molar-refractivity contribution in [3.05, 3.63) is 42.2 Å². The zero-order valence-electron chi connectivity index (χ0n) is 13.4. The number of imidazole rings is 1. The van der Waals surface area contributed by atoms with E-state index < -0.39 is 0 Å². The summed E-state index contributed by atoms with van der Waals surface area (Å²) in [6, 6.07) is 3.35. The highest BCUT2D eigenvalue weighted by Crippen LogP contribution is 2.19. The van der Waals surface area contributed by atoms with Gasteiger partial charge in [0, 0.05) is 24.9 Å². The molecule has 0 amide bonds. The van der Waals surface area contributed by atoms with Crippen molar-refractivity contribution in [2.24, 2.45) is 0 Å². The van der Waals surface area contributed by atoms with Gasteiger partial charge in [-0.1, -0.05) is 23.8 Å². The number of fused-ring (bicyclic) bond motifs is 1. The normalized spacial score (nSPS) is 11.1. The average molecular weight is 311 g/mol. The van der Waals surface area contributed by atoms with Crippen molar-refractivity contribution in [2.75, 3.05) is 11.9 Å². The van der Waals surface area contributed by atoms with Crippen molar-refractivity contribution in [2.45, 2.75) is 26.7 Å². The number of hydrogen-bond acceptors (Lipinski definition) is 5. The third-order valence-electron chi connectivity index (χ3n) is 3.51. The van der Waals surface area contributed by atoms with E-state index in [9.17, 15) is 4.79 Å². The summed E-state index contributed by atoms with van der Waals surface area (Å²) in [4.78, 5) is 28.9. The first kappa shape index (κ1) is 15.1. The Kier molecular flexibility index (Phi) is 4.01. The van der Waals surface area contributed by atoms with Crippen molar-refractivity contribution in [3.63, 3.8) is 0 Å². The van der Waals surface area contributed by atoms with E-state index in [0.717, 1.165) is 17.9 Å². The summed E-state index contributed by atoms with van der Waals surface area (Å²) in [5.74, 6) is 1.56. The van der Waals surface area contributed by atoms with Crippen LogP contribution in [-0.2, 0) is 0 Å². The Bertz CT molecular complexity index is 840. The van der Waals surface area contributed by atoms with Crippen LogP contribution in [0.25, 0.3) is 11.2 Å². The van der Waals surface area contributed by atoms with E-state index in [1.54, 1.807) is 24.5 Å². The summed E-state index contributed by atoms with van der Waals surface area (Å²) in [6.45, 7) is 6.83. The molecule has 7 heteroatoms. The second kappa shape index (κ2) is 6.12. The van der Waals surface area contributed by atoms with Crippen LogP contribution in [0.4, 0.5) is 5.82 Å². The smallest absolute Gasteiger partial charge is 0.321 e. The molecule has 0 unspecified atom stereocenters. The Hall–Kier alpha value is -2.83. The van der Waals surface area contributed by atoms with E-state index in [1.165, 1.54) is 10.9 Å². The monoisotopic (exact) mass is 311 g/mol. The topological polar surface area (TPSA) is 87.4 Å². The molecule has 3 aromatic heterocycles. The first-order chi connectivity index (χ1) is 11.1. The number of nitrogens with one attached hydrogen (secondary N) is 2. The fraction of sp³-hybridized carbons (Fsp3) is 0.312. The van der Waals surface area contributed by atoms with Gasteiger partial charge in [0.25, 0.3) is 0 Å². The number of aromatic nitrogens is 5. The van der Waals surface area contributed by atoms with Crippen LogP contribution in [0.15, 0.2) is 30.9 Å². The molecule has 0 saturated carbocycles. The second-order valence-corrected chi connectivity index (χ2v) is 5.51. The standard InChI is InChI=1S/C16H18N6O/c1-4-18-14-12-15(21-13(20-12)10(2)3)22(9-19-14)16(23)11-5-7-17-8-6-11/h5-10H,4H2,1-3H3,(H,18,20,21)/p+1. The van der Waals surface area contributed by atoms with Gasteiger partial charge in [-0.2, -0.15) is 4.57 Å². The molecular weight excluding hydrogens is 292 g/mol. The SMILES string of the molecule is CCNc1nc[n+](C(=O)c2ccncc2)c2nc(C(C)C)[nH]c12. The van der Waals surface area contributed by atoms with Gasteiger partial charge in [-0.15, -0.1) is 0 Å². The van der Waals surface area contributed by atoms with Crippen LogP contribution < -0.4 is 9.88 Å². The molecule has 0 fully saturated rings. The molecule has 3 heterocycles. The van der Waals surface area contributed by atoms with Gasteiger partial charge in [0.15, 0.2) is 11.3 Å². The summed E-state index contributed by atoms with van der Waals surface area (Å²) in [7, 11) is 0. The molecule has 0 aliphatic carbocycles. The molecule has 23 heavy (non-hydrogen) atoms. The summed E-state index contributed by atoms with van der Waals surface area (Å²) in [6.07, 6.45) is 4.69. The quantitative estimate of drug-likeness (QED) is 0.718. The zero-order chi connectivity index (χ0) is 16.4. The maximum atomic E-state index is 12.7. The maximum Gasteiger partial charge on any atom is 0.321 e. The maximum absolute atomic E-state index is 12.7. The van der Waals surface area contributed by atoms with E-state index in [-0.39, 0.29) is 11.8 Å². The lowest BCUT2D eigenvalue weighted by molar-refractivity contribution is -0.547. The van der Waals surface area contributed by atoms with Gasteiger partial charge in [-0.3, -0.25) is 4.98 Å². The van der Waals surface area contributed by atoms with Crippen LogP contribution in [-0.4, -0.2) is 32.4 Å². The van der Waals surface area contributed by atoms with Crippen LogP contribution in [0.3, 0.4) is 0 Å². The van der Waals surface area contributed by atoms with E-state index in [2.05, 4.69) is 25.3 Å². The molecule has 7 nitrogen and oxygen atoms in total. The largest absolute Gasteiger partial charge is 0.355 e. The lowest BCUT2D eigenvalue weighted by Gasteiger charge is -2.02. The number of rotatable bonds is 4. The van der Waals surface area contributed by atoms with Crippen LogP contribution in [0.1, 0.15) is 42.9 Å². The minimum absolute atomic E-state index is 0.185. The molecule has 0 spiro atoms. The van der Waals surface area contributed by atoms with Gasteiger partial charge in [0.2, 0.25) is 12.1 Å². The van der Waals surface area contributed by atoms with Gasteiger partial charge in [-0.25, -0.2) is 4.79 Å². The predicted octanol–water partition coefficient (Wildman–Crippen LogP) is 1.88. The lowest BCUT2D eigenvalue weighted by Crippen LogP contribution is -2.44. The first-order valence-electron chi connectivity index (χ1n) is 7.60. The first-order valence-corrected chi connectivity index (χ1v) is 7.60. The Morgan fingerprint density at radius 1 is 1.35 bits per heavy atom. The number of carbonyl (C=O) groups is 1. The number of pyridine rings is 1. The van der Waals surface area contributed by atoms with Crippen LogP contribution in [0, 0.1) is 0 Å². The van der Waals surface area contributed by atoms with E-state index in [1.807, 2.05) is 20.8 Å². The van der Waals surface area contributed by atoms with Crippen molar-refractivity contribution in [3.8, 4) is 0 Å². The van der Waals surface area contributed by atoms with Crippen LogP contribution in [0.2, 0.25) is 0 Å². The fourth-order valence-corrected chi connectivity index (χ4v) is 2.31. The van der Waals surface area contributed by atoms with Gasteiger partial charge in [-0.05, 0) is 19.1 Å². The van der Waals surface area contributed by atoms with E-state index >= 15 is 0 Å². The van der Waals surface area contributed by atoms with Gasteiger partial charge in [0.05, 0.1) is 5.56 Å². The average Bonchev–Trinajstić information content (AvgIpc) is 3.01. The molecule has 0 aliphatic rings. The van der Waals surface area contributed by atoms with Gasteiger partial charge in [0.1, 0.15) is 0 Å². The second-order valence-electron chi connectivity index (χ2n) is 5.51. The highest BCUT2D eigenvalue weighted by atomic mass is 16.2. The molecule has 0 aliphatic heterocycles. The molecule has 0 aromatic carbocycles. The Balaban J connectivity index is 2.18. The minimum atomic E-state index is -0.185. The Morgan fingerprint density at radius 2 is 2.09 bits per heavy atom. The van der Waals surface area contributed by atoms with Gasteiger partial charge < -0.3 is 10.3 Å². The third kappa shape index (κ3) is 2.77.